The zero-order valence-electron chi connectivity index (χ0n) is 5.84. The average molecular weight is 247 g/mol. The van der Waals surface area contributed by atoms with Gasteiger partial charge in [-0.05, 0) is 6.07 Å². The second kappa shape index (κ2) is 5.04. The lowest BCUT2D eigenvalue weighted by molar-refractivity contribution is 0.100. The molecule has 68 valence electrons. The maximum absolute atomic E-state index is 11.0. The smallest absolute Gasteiger partial charge is 0.178 e. The van der Waals surface area contributed by atoms with E-state index < -0.39 is 0 Å². The predicted molar refractivity (Wildman–Crippen MR) is 55.0 cm³/mol. The quantitative estimate of drug-likeness (QED) is 0.815. The summed E-state index contributed by atoms with van der Waals surface area (Å²) in [6.45, 7) is -0.0349. The molecular formula is C6H6Cl3NOS. The van der Waals surface area contributed by atoms with Gasteiger partial charge in [-0.3, -0.25) is 4.79 Å². The second-order valence-electron chi connectivity index (χ2n) is 1.87. The molecule has 0 bridgehead atoms. The van der Waals surface area contributed by atoms with E-state index in [0.29, 0.717) is 14.2 Å². The standard InChI is InChI=1S/C6H5Cl2NOS.ClH/c7-5-1-3(4(10)2-9)6(8)11-5;/h1H,2,9H2;1H. The van der Waals surface area contributed by atoms with Crippen molar-refractivity contribution in [2.75, 3.05) is 6.54 Å². The fraction of sp³-hybridized carbons (Fsp3) is 0.167. The zero-order chi connectivity index (χ0) is 8.43. The van der Waals surface area contributed by atoms with Gasteiger partial charge < -0.3 is 5.73 Å². The van der Waals surface area contributed by atoms with Crippen LogP contribution in [0.3, 0.4) is 0 Å². The minimum absolute atomic E-state index is 0. The monoisotopic (exact) mass is 245 g/mol. The molecule has 0 unspecified atom stereocenters. The lowest BCUT2D eigenvalue weighted by atomic mass is 10.2. The third kappa shape index (κ3) is 2.61. The van der Waals surface area contributed by atoms with E-state index >= 15 is 0 Å². The van der Waals surface area contributed by atoms with Crippen LogP contribution in [0.4, 0.5) is 0 Å². The molecule has 1 aromatic heterocycles. The summed E-state index contributed by atoms with van der Waals surface area (Å²) in [4.78, 5) is 11.0. The number of halogens is 3. The van der Waals surface area contributed by atoms with Crippen molar-refractivity contribution >= 4 is 52.7 Å². The van der Waals surface area contributed by atoms with Crippen molar-refractivity contribution in [1.29, 1.82) is 0 Å². The molecule has 0 fully saturated rings. The fourth-order valence-corrected chi connectivity index (χ4v) is 2.14. The Morgan fingerprint density at radius 3 is 2.50 bits per heavy atom. The average Bonchev–Trinajstić information content (AvgIpc) is 2.28. The first-order chi connectivity index (χ1) is 5.15. The highest BCUT2D eigenvalue weighted by molar-refractivity contribution is 7.20. The summed E-state index contributed by atoms with van der Waals surface area (Å²) in [5.41, 5.74) is 5.56. The molecular weight excluding hydrogens is 240 g/mol. The number of nitrogens with two attached hydrogens (primary N) is 1. The van der Waals surface area contributed by atoms with Crippen molar-refractivity contribution in [3.63, 3.8) is 0 Å². The Hall–Kier alpha value is 0.200. The first-order valence-electron chi connectivity index (χ1n) is 2.83. The van der Waals surface area contributed by atoms with Gasteiger partial charge >= 0.3 is 0 Å². The number of hydrogen-bond acceptors (Lipinski definition) is 3. The second-order valence-corrected chi connectivity index (χ2v) is 4.15. The predicted octanol–water partition coefficient (Wildman–Crippen LogP) is 2.62. The number of hydrogen-bond donors (Lipinski definition) is 1. The summed E-state index contributed by atoms with van der Waals surface area (Å²) < 4.78 is 0.914. The highest BCUT2D eigenvalue weighted by Gasteiger charge is 2.11. The lowest BCUT2D eigenvalue weighted by Gasteiger charge is -1.90. The molecule has 0 saturated heterocycles. The molecule has 0 spiro atoms. The van der Waals surface area contributed by atoms with Crippen molar-refractivity contribution in [1.82, 2.24) is 0 Å². The van der Waals surface area contributed by atoms with Crippen molar-refractivity contribution in [2.24, 2.45) is 5.73 Å². The van der Waals surface area contributed by atoms with Gasteiger partial charge in [-0.25, -0.2) is 0 Å². The summed E-state index contributed by atoms with van der Waals surface area (Å²) in [5, 5.41) is 0. The van der Waals surface area contributed by atoms with Crippen molar-refractivity contribution in [2.45, 2.75) is 0 Å². The van der Waals surface area contributed by atoms with E-state index in [1.54, 1.807) is 0 Å². The van der Waals surface area contributed by atoms with Crippen LogP contribution in [0.5, 0.6) is 0 Å². The Morgan fingerprint density at radius 1 is 1.58 bits per heavy atom. The lowest BCUT2D eigenvalue weighted by Crippen LogP contribution is -2.12. The van der Waals surface area contributed by atoms with Crippen LogP contribution >= 0.6 is 46.9 Å². The number of ketones is 1. The van der Waals surface area contributed by atoms with E-state index in [1.165, 1.54) is 17.4 Å². The fourth-order valence-electron chi connectivity index (χ4n) is 0.640. The zero-order valence-corrected chi connectivity index (χ0v) is 8.99. The molecule has 0 aromatic carbocycles. The summed E-state index contributed by atoms with van der Waals surface area (Å²) in [7, 11) is 0. The van der Waals surface area contributed by atoms with E-state index in [2.05, 4.69) is 0 Å². The van der Waals surface area contributed by atoms with Gasteiger partial charge in [-0.2, -0.15) is 0 Å². The number of Topliss-reactive ketones (excluding diaryl/α,β-unsaturated/α-hetero) is 1. The highest BCUT2D eigenvalue weighted by Crippen LogP contribution is 2.31. The van der Waals surface area contributed by atoms with Crippen molar-refractivity contribution in [3.8, 4) is 0 Å². The van der Waals surface area contributed by atoms with Gasteiger partial charge in [0, 0.05) is 5.56 Å². The first kappa shape index (κ1) is 12.2. The van der Waals surface area contributed by atoms with Gasteiger partial charge in [0.05, 0.1) is 10.9 Å². The Labute approximate surface area is 90.1 Å². The third-order valence-corrected chi connectivity index (χ3v) is 2.63. The van der Waals surface area contributed by atoms with Crippen LogP contribution in [0, 0.1) is 0 Å². The molecule has 1 heterocycles. The van der Waals surface area contributed by atoms with Gasteiger partial charge in [0.2, 0.25) is 0 Å². The van der Waals surface area contributed by atoms with E-state index in [4.69, 9.17) is 28.9 Å². The molecule has 0 amide bonds. The summed E-state index contributed by atoms with van der Waals surface area (Å²) in [5.74, 6) is -0.182. The number of carbonyl (C=O) groups excluding carboxylic acids is 1. The third-order valence-electron chi connectivity index (χ3n) is 1.14. The van der Waals surface area contributed by atoms with Gasteiger partial charge in [-0.1, -0.05) is 23.2 Å². The van der Waals surface area contributed by atoms with E-state index in [-0.39, 0.29) is 24.7 Å². The van der Waals surface area contributed by atoms with E-state index in [9.17, 15) is 4.79 Å². The van der Waals surface area contributed by atoms with Crippen LogP contribution in [0.25, 0.3) is 0 Å². The van der Waals surface area contributed by atoms with Crippen LogP contribution in [0.2, 0.25) is 8.67 Å². The Kier molecular flexibility index (Phi) is 5.13. The van der Waals surface area contributed by atoms with Crippen LogP contribution in [-0.4, -0.2) is 12.3 Å². The molecule has 1 aromatic rings. The topological polar surface area (TPSA) is 43.1 Å². The van der Waals surface area contributed by atoms with Crippen LogP contribution in [0.15, 0.2) is 6.07 Å². The minimum atomic E-state index is -0.182. The molecule has 0 aliphatic heterocycles. The number of carbonyl (C=O) groups is 1. The largest absolute Gasteiger partial charge is 0.324 e. The molecule has 6 heteroatoms. The molecule has 0 aliphatic rings. The summed E-state index contributed by atoms with van der Waals surface area (Å²) >= 11 is 12.5. The Morgan fingerprint density at radius 2 is 2.17 bits per heavy atom. The molecule has 12 heavy (non-hydrogen) atoms. The maximum atomic E-state index is 11.0. The number of thiophene rings is 1. The van der Waals surface area contributed by atoms with Crippen molar-refractivity contribution < 1.29 is 4.79 Å². The SMILES string of the molecule is Cl.NCC(=O)c1cc(Cl)sc1Cl. The van der Waals surface area contributed by atoms with Gasteiger partial charge in [0.25, 0.3) is 0 Å². The van der Waals surface area contributed by atoms with E-state index in [0.717, 1.165) is 0 Å². The molecule has 2 nitrogen and oxygen atoms in total. The minimum Gasteiger partial charge on any atom is -0.324 e. The maximum Gasteiger partial charge on any atom is 0.178 e. The van der Waals surface area contributed by atoms with E-state index in [1.807, 2.05) is 0 Å². The van der Waals surface area contributed by atoms with Crippen LogP contribution in [0.1, 0.15) is 10.4 Å². The Balaban J connectivity index is 0.00000121. The summed E-state index contributed by atoms with van der Waals surface area (Å²) in [6, 6.07) is 1.53. The molecule has 2 N–H and O–H groups in total. The summed E-state index contributed by atoms with van der Waals surface area (Å²) in [6.07, 6.45) is 0. The first-order valence-corrected chi connectivity index (χ1v) is 4.40. The normalized spacial score (nSPS) is 9.25. The van der Waals surface area contributed by atoms with Gasteiger partial charge in [0.15, 0.2) is 5.78 Å². The molecule has 0 saturated carbocycles. The van der Waals surface area contributed by atoms with Crippen molar-refractivity contribution in [3.05, 3.63) is 20.3 Å². The molecule has 0 aliphatic carbocycles. The molecule has 0 atom stereocenters. The Bertz CT molecular complexity index is 286. The molecule has 1 rings (SSSR count). The molecule has 0 radical (unpaired) electrons. The van der Waals surface area contributed by atoms with Gasteiger partial charge in [-0.15, -0.1) is 23.7 Å². The highest BCUT2D eigenvalue weighted by atomic mass is 35.5. The van der Waals surface area contributed by atoms with Crippen LogP contribution < -0.4 is 5.73 Å². The van der Waals surface area contributed by atoms with Crippen LogP contribution in [-0.2, 0) is 0 Å². The number of rotatable bonds is 2. The van der Waals surface area contributed by atoms with Gasteiger partial charge in [0.1, 0.15) is 4.34 Å².